The number of fused-ring (bicyclic) bond motifs is 3. The zero-order chi connectivity index (χ0) is 24.3. The first-order valence-corrected chi connectivity index (χ1v) is 11.7. The van der Waals surface area contributed by atoms with Crippen molar-refractivity contribution in [3.8, 4) is 0 Å². The molecule has 2 aromatic carbocycles. The molecular weight excluding hydrogens is 643 g/mol. The normalized spacial score (nSPS) is 9.25. The van der Waals surface area contributed by atoms with Crippen LogP contribution in [0.1, 0.15) is 77.6 Å². The van der Waals surface area contributed by atoms with Crippen molar-refractivity contribution in [2.45, 2.75) is 77.6 Å². The maximum Gasteiger partial charge on any atom is 4.00 e. The van der Waals surface area contributed by atoms with Crippen molar-refractivity contribution >= 4 is 27.6 Å². The van der Waals surface area contributed by atoms with Crippen molar-refractivity contribution in [3.05, 3.63) is 82.4 Å². The van der Waals surface area contributed by atoms with Gasteiger partial charge < -0.3 is 37.5 Å². The molecule has 0 aliphatic rings. The van der Waals surface area contributed by atoms with E-state index in [1.165, 1.54) is 67.5 Å². The summed E-state index contributed by atoms with van der Waals surface area (Å²) in [7, 11) is 0. The number of carbonyl (C=O) groups excluding carboxylic acids is 1. The van der Waals surface area contributed by atoms with Crippen molar-refractivity contribution in [3.63, 3.8) is 0 Å². The van der Waals surface area contributed by atoms with Crippen molar-refractivity contribution in [2.75, 3.05) is 0 Å². The van der Waals surface area contributed by atoms with Gasteiger partial charge in [0.1, 0.15) is 0 Å². The number of unbranched alkanes of at least 4 members (excludes halogenated alkanes) is 9. The standard InChI is InChI=1S/C13H9N.C13H26O2.NO3.2H2N.Pt/c1-2-6-11-10(5-1)9-14-13-8-4-3-7-12(11)13;1-2-3-4-5-6-7-8-9-10-11-12-13(14)15;2-1(3)4;;;/h1-9H;2-12H2,1H3,(H,14,15);;2*1H2;/q;;3*-1;+4/p-1. The molecule has 36 heavy (non-hydrogen) atoms. The Balaban J connectivity index is -0.000000491. The second-order valence-corrected chi connectivity index (χ2v) is 7.89. The zero-order valence-electron chi connectivity index (χ0n) is 20.9. The molecule has 0 spiro atoms. The minimum Gasteiger partial charge on any atom is -0.693 e. The number of benzene rings is 2. The smallest absolute Gasteiger partial charge is 0.693 e. The number of pyridine rings is 1. The first kappa shape index (κ1) is 37.9. The number of aromatic nitrogens is 1. The van der Waals surface area contributed by atoms with Gasteiger partial charge in [0.05, 0.1) is 10.6 Å². The quantitative estimate of drug-likeness (QED) is 0.0866. The summed E-state index contributed by atoms with van der Waals surface area (Å²) in [5, 5.41) is 28.6. The number of hydrogen-bond donors (Lipinski definition) is 0. The van der Waals surface area contributed by atoms with Crippen LogP contribution in [0.5, 0.6) is 0 Å². The number of carboxylic acid groups (broad SMARTS) is 1. The molecule has 9 nitrogen and oxygen atoms in total. The molecule has 1 heterocycles. The summed E-state index contributed by atoms with van der Waals surface area (Å²) in [5.74, 6) is -0.908. The molecule has 10 heteroatoms. The molecule has 0 saturated heterocycles. The van der Waals surface area contributed by atoms with Crippen LogP contribution in [0, 0.1) is 15.3 Å². The van der Waals surface area contributed by atoms with E-state index in [9.17, 15) is 9.90 Å². The van der Waals surface area contributed by atoms with Gasteiger partial charge in [0.2, 0.25) is 0 Å². The van der Waals surface area contributed by atoms with E-state index >= 15 is 0 Å². The van der Waals surface area contributed by atoms with Gasteiger partial charge in [0.25, 0.3) is 0 Å². The van der Waals surface area contributed by atoms with Gasteiger partial charge in [0.15, 0.2) is 0 Å². The second-order valence-electron chi connectivity index (χ2n) is 7.89. The predicted octanol–water partition coefficient (Wildman–Crippen LogP) is 7.63. The van der Waals surface area contributed by atoms with Gasteiger partial charge in [-0.15, -0.1) is 0 Å². The van der Waals surface area contributed by atoms with Crippen LogP contribution in [0.4, 0.5) is 0 Å². The van der Waals surface area contributed by atoms with Crippen LogP contribution in [0.2, 0.25) is 0 Å². The fraction of sp³-hybridized carbons (Fsp3) is 0.462. The van der Waals surface area contributed by atoms with Gasteiger partial charge in [-0.3, -0.25) is 4.98 Å². The van der Waals surface area contributed by atoms with Gasteiger partial charge in [-0.25, -0.2) is 0 Å². The van der Waals surface area contributed by atoms with Gasteiger partial charge in [-0.2, -0.15) is 0 Å². The van der Waals surface area contributed by atoms with Crippen LogP contribution < -0.4 is 5.11 Å². The zero-order valence-corrected chi connectivity index (χ0v) is 23.2. The molecule has 0 aliphatic heterocycles. The van der Waals surface area contributed by atoms with E-state index in [-0.39, 0.29) is 39.8 Å². The summed E-state index contributed by atoms with van der Waals surface area (Å²) in [5.41, 5.74) is 1.06. The van der Waals surface area contributed by atoms with Gasteiger partial charge in [-0.1, -0.05) is 107 Å². The molecule has 0 amide bonds. The van der Waals surface area contributed by atoms with Crippen LogP contribution in [0.25, 0.3) is 34.0 Å². The van der Waals surface area contributed by atoms with Crippen molar-refractivity contribution < 1.29 is 36.1 Å². The Kier molecular flexibility index (Phi) is 25.4. The van der Waals surface area contributed by atoms with E-state index in [2.05, 4.69) is 42.2 Å². The number of nitrogens with zero attached hydrogens (tertiary/aromatic N) is 2. The minimum absolute atomic E-state index is 0. The van der Waals surface area contributed by atoms with Gasteiger partial charge >= 0.3 is 21.1 Å². The molecule has 0 bridgehead atoms. The topological polar surface area (TPSA) is 186 Å². The Labute approximate surface area is 228 Å². The molecule has 0 fully saturated rings. The summed E-state index contributed by atoms with van der Waals surface area (Å²) >= 11 is 0. The van der Waals surface area contributed by atoms with Crippen LogP contribution >= 0.6 is 0 Å². The molecule has 0 unspecified atom stereocenters. The van der Waals surface area contributed by atoms with E-state index in [1.807, 2.05) is 24.4 Å². The maximum absolute atomic E-state index is 10.1. The van der Waals surface area contributed by atoms with E-state index in [0.29, 0.717) is 0 Å². The third-order valence-electron chi connectivity index (χ3n) is 5.23. The number of para-hydroxylation sites is 1. The third-order valence-corrected chi connectivity index (χ3v) is 5.23. The molecule has 3 aromatic rings. The average Bonchev–Trinajstić information content (AvgIpc) is 2.80. The Morgan fingerprint density at radius 2 is 1.22 bits per heavy atom. The number of hydrogen-bond acceptors (Lipinski definition) is 6. The molecule has 0 saturated carbocycles. The Bertz CT molecular complexity index is 916. The summed E-state index contributed by atoms with van der Waals surface area (Å²) < 4.78 is 0. The van der Waals surface area contributed by atoms with Crippen LogP contribution in [-0.4, -0.2) is 16.0 Å². The summed E-state index contributed by atoms with van der Waals surface area (Å²) in [4.78, 5) is 22.8. The molecule has 3 rings (SSSR count). The predicted molar refractivity (Wildman–Crippen MR) is 142 cm³/mol. The summed E-state index contributed by atoms with van der Waals surface area (Å²) in [6, 6.07) is 16.6. The van der Waals surface area contributed by atoms with Crippen molar-refractivity contribution in [1.29, 1.82) is 0 Å². The summed E-state index contributed by atoms with van der Waals surface area (Å²) in [6.45, 7) is 2.23. The van der Waals surface area contributed by atoms with Crippen LogP contribution in [0.3, 0.4) is 0 Å². The average molecular weight is 682 g/mol. The number of rotatable bonds is 11. The van der Waals surface area contributed by atoms with E-state index in [1.54, 1.807) is 0 Å². The molecule has 0 radical (unpaired) electrons. The molecule has 0 atom stereocenters. The van der Waals surface area contributed by atoms with Crippen molar-refractivity contribution in [2.24, 2.45) is 0 Å². The van der Waals surface area contributed by atoms with E-state index in [0.717, 1.165) is 18.4 Å². The second kappa shape index (κ2) is 24.1. The Morgan fingerprint density at radius 3 is 1.75 bits per heavy atom. The molecule has 0 aliphatic carbocycles. The first-order chi connectivity index (χ1) is 16.0. The molecule has 1 aromatic heterocycles. The number of aliphatic carboxylic acids is 1. The third kappa shape index (κ3) is 17.8. The fourth-order valence-electron chi connectivity index (χ4n) is 3.56. The SMILES string of the molecule is CCCCCCCCCCCCC(=O)[O-].O=[N+]([O-])[O-].[NH2-].[NH2-].[Pt+4].c1ccc2c(c1)cnc1ccccc12. The van der Waals surface area contributed by atoms with E-state index < -0.39 is 11.1 Å². The Hall–Kier alpha value is -2.61. The van der Waals surface area contributed by atoms with Crippen molar-refractivity contribution in [1.82, 2.24) is 4.98 Å². The molecule has 4 N–H and O–H groups in total. The number of nitrogens with two attached hydrogens (primary N) is 2. The first-order valence-electron chi connectivity index (χ1n) is 11.7. The van der Waals surface area contributed by atoms with Gasteiger partial charge in [0, 0.05) is 22.9 Å². The largest absolute Gasteiger partial charge is 4.00 e. The molecular formula is C26H38N4O5Pt. The van der Waals surface area contributed by atoms with Gasteiger partial charge in [-0.05, 0) is 24.3 Å². The minimum atomic E-state index is -1.75. The summed E-state index contributed by atoms with van der Waals surface area (Å²) in [6.07, 6.45) is 14.5. The van der Waals surface area contributed by atoms with Crippen LogP contribution in [0.15, 0.2) is 54.7 Å². The monoisotopic (exact) mass is 681 g/mol. The number of carbonyl (C=O) groups is 1. The van der Waals surface area contributed by atoms with Crippen LogP contribution in [-0.2, 0) is 25.9 Å². The fourth-order valence-corrected chi connectivity index (χ4v) is 3.56. The number of carboxylic acids is 1. The maximum atomic E-state index is 10.1. The Morgan fingerprint density at radius 1 is 0.778 bits per heavy atom. The van der Waals surface area contributed by atoms with E-state index in [4.69, 9.17) is 15.3 Å². The molecule has 202 valence electrons.